The zero-order valence-electron chi connectivity index (χ0n) is 19.0. The lowest BCUT2D eigenvalue weighted by molar-refractivity contribution is -0.134. The highest BCUT2D eigenvalue weighted by atomic mass is 16.7. The number of aliphatic hydroxyl groups is 1. The first-order valence-electron chi connectivity index (χ1n) is 11.1. The van der Waals surface area contributed by atoms with Crippen molar-refractivity contribution in [3.8, 4) is 11.3 Å². The second-order valence-corrected chi connectivity index (χ2v) is 9.69. The van der Waals surface area contributed by atoms with Crippen molar-refractivity contribution in [2.24, 2.45) is 0 Å². The number of carbonyl (C=O) groups excluding carboxylic acids is 1. The fourth-order valence-corrected chi connectivity index (χ4v) is 4.17. The largest absolute Gasteiger partial charge is 0.494 e. The number of aliphatic hydroxyl groups excluding tert-OH is 1. The van der Waals surface area contributed by atoms with Gasteiger partial charge in [0.1, 0.15) is 5.82 Å². The number of amides is 1. The molecule has 0 aliphatic carbocycles. The van der Waals surface area contributed by atoms with Crippen LogP contribution in [0.4, 0.5) is 0 Å². The molecule has 2 fully saturated rings. The molecule has 0 saturated carbocycles. The molecule has 2 aliphatic rings. The average molecular weight is 425 g/mol. The molecule has 3 heterocycles. The van der Waals surface area contributed by atoms with Crippen LogP contribution in [0, 0.1) is 0 Å². The molecule has 0 spiro atoms. The minimum atomic E-state index is -0.636. The first kappa shape index (κ1) is 22.1. The summed E-state index contributed by atoms with van der Waals surface area (Å²) in [6.45, 7) is 10.5. The number of benzene rings is 1. The van der Waals surface area contributed by atoms with E-state index in [1.807, 2.05) is 63.1 Å². The van der Waals surface area contributed by atoms with Gasteiger partial charge in [0.25, 0.3) is 0 Å². The lowest BCUT2D eigenvalue weighted by atomic mass is 9.79. The number of nitrogens with zero attached hydrogens (tertiary/aromatic N) is 2. The molecule has 0 unspecified atom stereocenters. The van der Waals surface area contributed by atoms with Gasteiger partial charge in [-0.2, -0.15) is 0 Å². The summed E-state index contributed by atoms with van der Waals surface area (Å²) in [6, 6.07) is 8.03. The smallest absolute Gasteiger partial charge is 0.399 e. The van der Waals surface area contributed by atoms with E-state index in [1.165, 1.54) is 0 Å². The molecule has 31 heavy (non-hydrogen) atoms. The summed E-state index contributed by atoms with van der Waals surface area (Å²) in [4.78, 5) is 22.3. The minimum Gasteiger partial charge on any atom is -0.399 e. The van der Waals surface area contributed by atoms with Crippen molar-refractivity contribution in [2.45, 2.75) is 77.2 Å². The Hall–Kier alpha value is -2.16. The molecule has 0 radical (unpaired) electrons. The van der Waals surface area contributed by atoms with Crippen LogP contribution in [0.3, 0.4) is 0 Å². The van der Waals surface area contributed by atoms with Crippen LogP contribution in [0.2, 0.25) is 0 Å². The van der Waals surface area contributed by atoms with Crippen LogP contribution >= 0.6 is 0 Å². The number of H-pyrrole nitrogens is 1. The molecule has 0 bridgehead atoms. The molecule has 166 valence electrons. The lowest BCUT2D eigenvalue weighted by Crippen LogP contribution is -2.41. The van der Waals surface area contributed by atoms with Crippen molar-refractivity contribution in [3.05, 3.63) is 36.3 Å². The van der Waals surface area contributed by atoms with E-state index in [4.69, 9.17) is 9.31 Å². The summed E-state index contributed by atoms with van der Waals surface area (Å²) in [7, 11) is -0.386. The maximum atomic E-state index is 12.5. The van der Waals surface area contributed by atoms with E-state index in [2.05, 4.69) is 9.97 Å². The number of imidazole rings is 1. The molecule has 1 aromatic carbocycles. The Morgan fingerprint density at radius 1 is 1.26 bits per heavy atom. The third kappa shape index (κ3) is 4.29. The molecule has 2 aromatic rings. The van der Waals surface area contributed by atoms with Crippen molar-refractivity contribution in [3.63, 3.8) is 0 Å². The van der Waals surface area contributed by atoms with Gasteiger partial charge in [-0.15, -0.1) is 0 Å². The van der Waals surface area contributed by atoms with E-state index >= 15 is 0 Å². The molecule has 4 rings (SSSR count). The van der Waals surface area contributed by atoms with Gasteiger partial charge < -0.3 is 24.3 Å². The predicted octanol–water partition coefficient (Wildman–Crippen LogP) is 2.81. The summed E-state index contributed by atoms with van der Waals surface area (Å²) in [6.07, 6.45) is 3.14. The van der Waals surface area contributed by atoms with Crippen LogP contribution in [-0.4, -0.2) is 56.9 Å². The van der Waals surface area contributed by atoms with Gasteiger partial charge in [-0.3, -0.25) is 4.79 Å². The van der Waals surface area contributed by atoms with E-state index < -0.39 is 6.10 Å². The Balaban J connectivity index is 1.48. The monoisotopic (exact) mass is 425 g/mol. The Labute approximate surface area is 184 Å². The predicted molar refractivity (Wildman–Crippen MR) is 120 cm³/mol. The van der Waals surface area contributed by atoms with Gasteiger partial charge >= 0.3 is 7.12 Å². The maximum absolute atomic E-state index is 12.5. The molecule has 2 saturated heterocycles. The molecule has 1 amide bonds. The van der Waals surface area contributed by atoms with E-state index in [9.17, 15) is 9.90 Å². The number of rotatable bonds is 5. The molecular formula is C23H32BN3O4. The molecule has 1 aromatic heterocycles. The van der Waals surface area contributed by atoms with E-state index in [1.54, 1.807) is 6.92 Å². The summed E-state index contributed by atoms with van der Waals surface area (Å²) in [5, 5.41) is 9.56. The maximum Gasteiger partial charge on any atom is 0.494 e. The summed E-state index contributed by atoms with van der Waals surface area (Å²) >= 11 is 0. The zero-order valence-corrected chi connectivity index (χ0v) is 19.0. The molecule has 8 heteroatoms. The number of carbonyl (C=O) groups is 1. The van der Waals surface area contributed by atoms with Crippen molar-refractivity contribution < 1.29 is 19.2 Å². The SMILES string of the molecule is C[C@@H](O)CC(=O)N1CCC[C@H]1c1ncc(-c2ccc(B3OC(C)(C)C(C)(C)O3)cc2)[nH]1. The van der Waals surface area contributed by atoms with Gasteiger partial charge in [0.15, 0.2) is 0 Å². The van der Waals surface area contributed by atoms with Gasteiger partial charge in [-0.05, 0) is 58.5 Å². The van der Waals surface area contributed by atoms with Gasteiger partial charge in [-0.25, -0.2) is 4.98 Å². The van der Waals surface area contributed by atoms with Crippen LogP contribution < -0.4 is 5.46 Å². The highest BCUT2D eigenvalue weighted by molar-refractivity contribution is 6.62. The van der Waals surface area contributed by atoms with E-state index in [0.29, 0.717) is 6.54 Å². The molecule has 2 atom stereocenters. The number of nitrogens with one attached hydrogen (secondary N) is 1. The van der Waals surface area contributed by atoms with E-state index in [0.717, 1.165) is 35.4 Å². The van der Waals surface area contributed by atoms with Crippen molar-refractivity contribution in [1.29, 1.82) is 0 Å². The topological polar surface area (TPSA) is 87.7 Å². The number of aromatic nitrogens is 2. The Morgan fingerprint density at radius 3 is 2.52 bits per heavy atom. The average Bonchev–Trinajstić information content (AvgIpc) is 3.39. The number of hydrogen-bond acceptors (Lipinski definition) is 5. The van der Waals surface area contributed by atoms with Crippen molar-refractivity contribution in [1.82, 2.24) is 14.9 Å². The minimum absolute atomic E-state index is 0.0257. The quantitative estimate of drug-likeness (QED) is 0.720. The van der Waals surface area contributed by atoms with Crippen molar-refractivity contribution in [2.75, 3.05) is 6.54 Å². The van der Waals surface area contributed by atoms with Crippen LogP contribution in [0.1, 0.15) is 65.7 Å². The second-order valence-electron chi connectivity index (χ2n) is 9.69. The Morgan fingerprint density at radius 2 is 1.90 bits per heavy atom. The Bertz CT molecular complexity index is 923. The lowest BCUT2D eigenvalue weighted by Gasteiger charge is -2.32. The molecular weight excluding hydrogens is 393 g/mol. The standard InChI is InChI=1S/C23H32BN3O4/c1-15(28)13-20(29)27-12-6-7-19(27)21-25-14-18(26-21)16-8-10-17(11-9-16)24-30-22(2,3)23(4,5)31-24/h8-11,14-15,19,28H,6-7,12-13H2,1-5H3,(H,25,26)/t15-,19+/m1/s1. The zero-order chi connectivity index (χ0) is 22.4. The van der Waals surface area contributed by atoms with Crippen LogP contribution in [0.15, 0.2) is 30.5 Å². The van der Waals surface area contributed by atoms with Gasteiger partial charge in [-0.1, -0.05) is 24.3 Å². The highest BCUT2D eigenvalue weighted by Gasteiger charge is 2.51. The van der Waals surface area contributed by atoms with Gasteiger partial charge in [0, 0.05) is 6.54 Å². The van der Waals surface area contributed by atoms with Crippen LogP contribution in [-0.2, 0) is 14.1 Å². The number of hydrogen-bond donors (Lipinski definition) is 2. The first-order valence-corrected chi connectivity index (χ1v) is 11.1. The third-order valence-electron chi connectivity index (χ3n) is 6.70. The van der Waals surface area contributed by atoms with Crippen LogP contribution in [0.25, 0.3) is 11.3 Å². The summed E-state index contributed by atoms with van der Waals surface area (Å²) in [5.74, 6) is 0.767. The van der Waals surface area contributed by atoms with Gasteiger partial charge in [0.2, 0.25) is 5.91 Å². The van der Waals surface area contributed by atoms with Crippen molar-refractivity contribution >= 4 is 18.5 Å². The summed E-state index contributed by atoms with van der Waals surface area (Å²) in [5.41, 5.74) is 2.16. The Kier molecular flexibility index (Phi) is 5.75. The van der Waals surface area contributed by atoms with Crippen LogP contribution in [0.5, 0.6) is 0 Å². The van der Waals surface area contributed by atoms with E-state index in [-0.39, 0.29) is 36.7 Å². The fourth-order valence-electron chi connectivity index (χ4n) is 4.17. The molecule has 7 nitrogen and oxygen atoms in total. The number of likely N-dealkylation sites (tertiary alicyclic amines) is 1. The van der Waals surface area contributed by atoms with Gasteiger partial charge in [0.05, 0.1) is 41.7 Å². The number of aromatic amines is 1. The fraction of sp³-hybridized carbons (Fsp3) is 0.565. The first-order chi connectivity index (χ1) is 14.6. The molecule has 2 aliphatic heterocycles. The highest BCUT2D eigenvalue weighted by Crippen LogP contribution is 2.36. The third-order valence-corrected chi connectivity index (χ3v) is 6.70. The molecule has 2 N–H and O–H groups in total. The summed E-state index contributed by atoms with van der Waals surface area (Å²) < 4.78 is 12.3. The second kappa shape index (κ2) is 8.08. The normalized spacial score (nSPS) is 23.4.